The highest BCUT2D eigenvalue weighted by molar-refractivity contribution is 5.81. The first-order valence-electron chi connectivity index (χ1n) is 8.85. The molecule has 2 aliphatic rings. The summed E-state index contributed by atoms with van der Waals surface area (Å²) in [7, 11) is 1.93. The van der Waals surface area contributed by atoms with Gasteiger partial charge in [-0.15, -0.1) is 0 Å². The van der Waals surface area contributed by atoms with Crippen LogP contribution in [0, 0.1) is 0 Å². The number of rotatable bonds is 4. The molecule has 1 aromatic rings. The van der Waals surface area contributed by atoms with Crippen LogP contribution < -0.4 is 5.73 Å². The summed E-state index contributed by atoms with van der Waals surface area (Å²) < 4.78 is 6.04. The lowest BCUT2D eigenvalue weighted by atomic mass is 9.90. The standard InChI is InChI=1S/C19H28N2O2/c1-21(16-9-7-15(20)8-10-16)19(22)18-12-11-17(23-18)13-14-5-3-2-4-6-14/h2-6,15-18H,7-13,20H2,1H3/t15?,16?,17-,18+/m1/s1. The molecule has 4 nitrogen and oxygen atoms in total. The molecule has 1 aliphatic heterocycles. The number of carbonyl (C=O) groups excluding carboxylic acids is 1. The lowest BCUT2D eigenvalue weighted by molar-refractivity contribution is -0.144. The zero-order chi connectivity index (χ0) is 16.2. The van der Waals surface area contributed by atoms with Crippen LogP contribution in [0.2, 0.25) is 0 Å². The van der Waals surface area contributed by atoms with Gasteiger partial charge in [0.2, 0.25) is 0 Å². The number of amides is 1. The maximum absolute atomic E-state index is 12.7. The summed E-state index contributed by atoms with van der Waals surface area (Å²) in [5.41, 5.74) is 7.24. The first-order valence-corrected chi connectivity index (χ1v) is 8.85. The molecule has 1 aromatic carbocycles. The Balaban J connectivity index is 1.51. The minimum absolute atomic E-state index is 0.154. The zero-order valence-electron chi connectivity index (χ0n) is 14.0. The summed E-state index contributed by atoms with van der Waals surface area (Å²) in [6, 6.07) is 11.0. The molecule has 2 N–H and O–H groups in total. The van der Waals surface area contributed by atoms with Gasteiger partial charge >= 0.3 is 0 Å². The van der Waals surface area contributed by atoms with E-state index < -0.39 is 0 Å². The van der Waals surface area contributed by atoms with Crippen LogP contribution in [-0.2, 0) is 16.0 Å². The average Bonchev–Trinajstić information content (AvgIpc) is 3.03. The maximum Gasteiger partial charge on any atom is 0.251 e. The molecule has 1 saturated heterocycles. The fourth-order valence-electron chi connectivity index (χ4n) is 3.81. The number of likely N-dealkylation sites (N-methyl/N-ethyl adjacent to an activating group) is 1. The second-order valence-electron chi connectivity index (χ2n) is 7.03. The van der Waals surface area contributed by atoms with Gasteiger partial charge in [-0.05, 0) is 50.5 Å². The molecular weight excluding hydrogens is 288 g/mol. The number of hydrogen-bond acceptors (Lipinski definition) is 3. The van der Waals surface area contributed by atoms with Crippen molar-refractivity contribution in [3.05, 3.63) is 35.9 Å². The molecule has 126 valence electrons. The van der Waals surface area contributed by atoms with E-state index in [4.69, 9.17) is 10.5 Å². The van der Waals surface area contributed by atoms with Crippen molar-refractivity contribution in [2.75, 3.05) is 7.05 Å². The number of benzene rings is 1. The highest BCUT2D eigenvalue weighted by atomic mass is 16.5. The number of carbonyl (C=O) groups is 1. The molecule has 0 unspecified atom stereocenters. The molecule has 1 amide bonds. The van der Waals surface area contributed by atoms with E-state index in [1.165, 1.54) is 5.56 Å². The second kappa shape index (κ2) is 7.45. The predicted octanol–water partition coefficient (Wildman–Crippen LogP) is 2.51. The Morgan fingerprint density at radius 3 is 2.52 bits per heavy atom. The molecule has 23 heavy (non-hydrogen) atoms. The molecule has 2 fully saturated rings. The maximum atomic E-state index is 12.7. The zero-order valence-corrected chi connectivity index (χ0v) is 14.0. The fourth-order valence-corrected chi connectivity index (χ4v) is 3.81. The molecular formula is C19H28N2O2. The van der Waals surface area contributed by atoms with Gasteiger partial charge < -0.3 is 15.4 Å². The van der Waals surface area contributed by atoms with E-state index in [1.807, 2.05) is 18.0 Å². The van der Waals surface area contributed by atoms with Crippen LogP contribution in [0.4, 0.5) is 0 Å². The Morgan fingerprint density at radius 1 is 1.13 bits per heavy atom. The van der Waals surface area contributed by atoms with Crippen molar-refractivity contribution in [1.82, 2.24) is 4.90 Å². The molecule has 0 aromatic heterocycles. The average molecular weight is 316 g/mol. The van der Waals surface area contributed by atoms with Gasteiger partial charge in [-0.3, -0.25) is 4.79 Å². The fraction of sp³-hybridized carbons (Fsp3) is 0.632. The van der Waals surface area contributed by atoms with E-state index in [-0.39, 0.29) is 18.1 Å². The molecule has 1 aliphatic carbocycles. The normalized spacial score (nSPS) is 31.0. The topological polar surface area (TPSA) is 55.6 Å². The molecule has 0 spiro atoms. The monoisotopic (exact) mass is 316 g/mol. The molecule has 1 saturated carbocycles. The van der Waals surface area contributed by atoms with Crippen LogP contribution in [0.25, 0.3) is 0 Å². The highest BCUT2D eigenvalue weighted by Gasteiger charge is 2.35. The molecule has 1 heterocycles. The lowest BCUT2D eigenvalue weighted by Crippen LogP contribution is -2.45. The van der Waals surface area contributed by atoms with Crippen molar-refractivity contribution in [2.24, 2.45) is 5.73 Å². The molecule has 3 rings (SSSR count). The Labute approximate surface area is 139 Å². The summed E-state index contributed by atoms with van der Waals surface area (Å²) >= 11 is 0. The van der Waals surface area contributed by atoms with Crippen molar-refractivity contribution >= 4 is 5.91 Å². The summed E-state index contributed by atoms with van der Waals surface area (Å²) in [5, 5.41) is 0. The van der Waals surface area contributed by atoms with Gasteiger partial charge in [-0.25, -0.2) is 0 Å². The van der Waals surface area contributed by atoms with E-state index in [1.54, 1.807) is 0 Å². The van der Waals surface area contributed by atoms with Gasteiger partial charge in [-0.1, -0.05) is 30.3 Å². The van der Waals surface area contributed by atoms with Gasteiger partial charge in [0.15, 0.2) is 0 Å². The van der Waals surface area contributed by atoms with E-state index in [2.05, 4.69) is 24.3 Å². The van der Waals surface area contributed by atoms with Crippen molar-refractivity contribution in [2.45, 2.75) is 69.2 Å². The third-order valence-electron chi connectivity index (χ3n) is 5.33. The minimum atomic E-state index is -0.260. The van der Waals surface area contributed by atoms with Crippen molar-refractivity contribution < 1.29 is 9.53 Å². The first-order chi connectivity index (χ1) is 11.1. The van der Waals surface area contributed by atoms with Gasteiger partial charge in [0.25, 0.3) is 5.91 Å². The van der Waals surface area contributed by atoms with Crippen molar-refractivity contribution in [1.29, 1.82) is 0 Å². The second-order valence-corrected chi connectivity index (χ2v) is 7.03. The van der Waals surface area contributed by atoms with Crippen LogP contribution in [0.15, 0.2) is 30.3 Å². The molecule has 2 atom stereocenters. The number of hydrogen-bond donors (Lipinski definition) is 1. The number of nitrogens with zero attached hydrogens (tertiary/aromatic N) is 1. The van der Waals surface area contributed by atoms with E-state index >= 15 is 0 Å². The van der Waals surface area contributed by atoms with Crippen LogP contribution >= 0.6 is 0 Å². The van der Waals surface area contributed by atoms with Gasteiger partial charge in [0.1, 0.15) is 6.10 Å². The Morgan fingerprint density at radius 2 is 1.83 bits per heavy atom. The number of ether oxygens (including phenoxy) is 1. The molecule has 0 radical (unpaired) electrons. The Kier molecular flexibility index (Phi) is 5.34. The summed E-state index contributed by atoms with van der Waals surface area (Å²) in [4.78, 5) is 14.6. The minimum Gasteiger partial charge on any atom is -0.365 e. The molecule has 0 bridgehead atoms. The van der Waals surface area contributed by atoms with Gasteiger partial charge in [-0.2, -0.15) is 0 Å². The van der Waals surface area contributed by atoms with Gasteiger partial charge in [0.05, 0.1) is 6.10 Å². The summed E-state index contributed by atoms with van der Waals surface area (Å²) in [5.74, 6) is 0.154. The van der Waals surface area contributed by atoms with Crippen LogP contribution in [-0.4, -0.2) is 42.1 Å². The third-order valence-corrected chi connectivity index (χ3v) is 5.33. The van der Waals surface area contributed by atoms with Gasteiger partial charge in [0, 0.05) is 19.1 Å². The quantitative estimate of drug-likeness (QED) is 0.928. The predicted molar refractivity (Wildman–Crippen MR) is 91.0 cm³/mol. The largest absolute Gasteiger partial charge is 0.365 e. The SMILES string of the molecule is CN(C(=O)[C@@H]1CC[C@H](Cc2ccccc2)O1)C1CCC(N)CC1. The first kappa shape index (κ1) is 16.5. The lowest BCUT2D eigenvalue weighted by Gasteiger charge is -2.34. The van der Waals surface area contributed by atoms with Crippen molar-refractivity contribution in [3.8, 4) is 0 Å². The number of nitrogens with two attached hydrogens (primary N) is 1. The van der Waals surface area contributed by atoms with Crippen molar-refractivity contribution in [3.63, 3.8) is 0 Å². The smallest absolute Gasteiger partial charge is 0.251 e. The van der Waals surface area contributed by atoms with E-state index in [9.17, 15) is 4.79 Å². The highest BCUT2D eigenvalue weighted by Crippen LogP contribution is 2.27. The van der Waals surface area contributed by atoms with E-state index in [0.29, 0.717) is 12.1 Å². The third kappa shape index (κ3) is 4.12. The van der Waals surface area contributed by atoms with Crippen LogP contribution in [0.5, 0.6) is 0 Å². The van der Waals surface area contributed by atoms with Crippen LogP contribution in [0.1, 0.15) is 44.1 Å². The van der Waals surface area contributed by atoms with E-state index in [0.717, 1.165) is 44.9 Å². The Bertz CT molecular complexity index is 511. The summed E-state index contributed by atoms with van der Waals surface area (Å²) in [6.45, 7) is 0. The Hall–Kier alpha value is -1.39. The summed E-state index contributed by atoms with van der Waals surface area (Å²) in [6.07, 6.45) is 6.68. The molecule has 4 heteroatoms. The van der Waals surface area contributed by atoms with Crippen LogP contribution in [0.3, 0.4) is 0 Å².